The van der Waals surface area contributed by atoms with E-state index in [1.807, 2.05) is 31.5 Å². The first-order valence-electron chi connectivity index (χ1n) is 25.1. The lowest BCUT2D eigenvalue weighted by atomic mass is 9.86. The summed E-state index contributed by atoms with van der Waals surface area (Å²) in [6.07, 6.45) is 8.59. The van der Waals surface area contributed by atoms with Crippen LogP contribution in [-0.2, 0) is 14.4 Å². The molecule has 6 aliphatic rings. The highest BCUT2D eigenvalue weighted by Crippen LogP contribution is 2.37. The van der Waals surface area contributed by atoms with E-state index in [4.69, 9.17) is 4.98 Å². The van der Waals surface area contributed by atoms with Crippen LogP contribution in [0.2, 0.25) is 0 Å². The zero-order chi connectivity index (χ0) is 48.9. The second kappa shape index (κ2) is 19.1. The Labute approximate surface area is 411 Å². The largest absolute Gasteiger partial charge is 0.371 e. The van der Waals surface area contributed by atoms with Crippen LogP contribution in [0.4, 0.5) is 22.9 Å². The van der Waals surface area contributed by atoms with Crippen molar-refractivity contribution >= 4 is 69.5 Å². The number of nitrogens with one attached hydrogen (secondary N) is 3. The molecule has 368 valence electrons. The number of rotatable bonds is 11. The van der Waals surface area contributed by atoms with Gasteiger partial charge in [-0.3, -0.25) is 43.9 Å². The Balaban J connectivity index is 0.612. The highest BCUT2D eigenvalue weighted by molar-refractivity contribution is 6.23. The van der Waals surface area contributed by atoms with Gasteiger partial charge in [0.05, 0.1) is 17.5 Å². The lowest BCUT2D eigenvalue weighted by molar-refractivity contribution is -0.138. The molecule has 5 aliphatic heterocycles. The molecule has 19 nitrogen and oxygen atoms in total. The first-order chi connectivity index (χ1) is 34.4. The summed E-state index contributed by atoms with van der Waals surface area (Å²) >= 11 is 0. The molecule has 0 spiro atoms. The first-order valence-corrected chi connectivity index (χ1v) is 25.1. The van der Waals surface area contributed by atoms with Gasteiger partial charge in [-0.1, -0.05) is 6.07 Å². The number of pyridine rings is 1. The van der Waals surface area contributed by atoms with Crippen molar-refractivity contribution in [3.05, 3.63) is 95.3 Å². The number of imide groups is 2. The molecule has 0 bridgehead atoms. The quantitative estimate of drug-likeness (QED) is 0.157. The Morgan fingerprint density at radius 1 is 0.761 bits per heavy atom. The third-order valence-corrected chi connectivity index (χ3v) is 15.6. The minimum atomic E-state index is -0.998. The van der Waals surface area contributed by atoms with E-state index in [0.717, 1.165) is 105 Å². The van der Waals surface area contributed by atoms with Crippen molar-refractivity contribution in [2.24, 2.45) is 11.8 Å². The fourth-order valence-corrected chi connectivity index (χ4v) is 11.4. The summed E-state index contributed by atoms with van der Waals surface area (Å²) < 4.78 is 2.09. The number of aromatic nitrogens is 5. The van der Waals surface area contributed by atoms with E-state index in [2.05, 4.69) is 80.2 Å². The van der Waals surface area contributed by atoms with Crippen molar-refractivity contribution in [1.29, 1.82) is 0 Å². The molecule has 4 saturated heterocycles. The second-order valence-electron chi connectivity index (χ2n) is 20.1. The molecule has 5 fully saturated rings. The first kappa shape index (κ1) is 46.1. The minimum Gasteiger partial charge on any atom is -0.371 e. The zero-order valence-corrected chi connectivity index (χ0v) is 40.2. The van der Waals surface area contributed by atoms with Gasteiger partial charge in [0.25, 0.3) is 17.7 Å². The van der Waals surface area contributed by atoms with E-state index in [1.165, 1.54) is 5.69 Å². The van der Waals surface area contributed by atoms with Crippen LogP contribution in [0, 0.1) is 25.7 Å². The number of nitrogens with zero attached hydrogens (tertiary/aromatic N) is 10. The smallest absolute Gasteiger partial charge is 0.270 e. The molecule has 11 rings (SSSR count). The number of piperazine rings is 1. The Morgan fingerprint density at radius 3 is 2.24 bits per heavy atom. The summed E-state index contributed by atoms with van der Waals surface area (Å²) in [5.74, 6) is -0.806. The number of anilines is 4. The number of benzene rings is 2. The molecule has 6 amide bonds. The molecule has 2 aromatic carbocycles. The summed E-state index contributed by atoms with van der Waals surface area (Å²) in [4.78, 5) is 106. The number of amides is 6. The van der Waals surface area contributed by atoms with Gasteiger partial charge >= 0.3 is 0 Å². The predicted molar refractivity (Wildman–Crippen MR) is 264 cm³/mol. The van der Waals surface area contributed by atoms with Crippen LogP contribution in [0.25, 0.3) is 11.2 Å². The molecule has 1 saturated carbocycles. The van der Waals surface area contributed by atoms with Gasteiger partial charge in [-0.2, -0.15) is 0 Å². The Kier molecular flexibility index (Phi) is 12.4. The molecule has 1 aliphatic carbocycles. The molecule has 8 heterocycles. The Morgan fingerprint density at radius 2 is 1.49 bits per heavy atom. The summed E-state index contributed by atoms with van der Waals surface area (Å²) in [6.45, 7) is 11.8. The lowest BCUT2D eigenvalue weighted by Crippen LogP contribution is -2.54. The van der Waals surface area contributed by atoms with Crippen molar-refractivity contribution in [3.8, 4) is 0 Å². The molecule has 0 radical (unpaired) electrons. The Bertz CT molecular complexity index is 2930. The number of likely N-dealkylation sites (tertiary alicyclic amines) is 1. The number of imidazole rings is 1. The molecule has 0 unspecified atom stereocenters. The number of carbonyl (C=O) groups is 6. The maximum absolute atomic E-state index is 13.8. The molecule has 1 atom stereocenters. The van der Waals surface area contributed by atoms with Gasteiger partial charge in [0.1, 0.15) is 18.1 Å². The number of carbonyl (C=O) groups excluding carboxylic acids is 6. The standard InChI is InChI=1S/C52H59N13O6/c1-31-24-36(7-9-41(31)58-46-45-47(54-29-53-46)64(30-55-45)38-25-35(26-38)57-48(67)42-5-3-4-32(2)56-42)62-22-20-60(21-23-62)28-33-12-16-63(17-13-33)50(69)34-14-18-61(19-15-34)37-6-8-39-40(27-37)52(71)65(51(39)70)43-10-11-44(66)59-49(43)68/h3-9,24,27,29-30,33-35,38,43H,10-23,25-26,28H2,1-2H3,(H,57,67)(H,53,54,58)(H,59,66,68)/t35?,38?,43-/m0/s1. The number of piperidine rings is 3. The number of fused-ring (bicyclic) bond motifs is 2. The third-order valence-electron chi connectivity index (χ3n) is 15.6. The van der Waals surface area contributed by atoms with Crippen LogP contribution in [-0.4, -0.2) is 146 Å². The van der Waals surface area contributed by atoms with Gasteiger partial charge < -0.3 is 29.9 Å². The van der Waals surface area contributed by atoms with Crippen LogP contribution < -0.4 is 25.8 Å². The minimum absolute atomic E-state index is 0.0452. The summed E-state index contributed by atoms with van der Waals surface area (Å²) in [5.41, 5.74) is 7.33. The highest BCUT2D eigenvalue weighted by atomic mass is 16.2. The van der Waals surface area contributed by atoms with Crippen molar-refractivity contribution in [1.82, 2.24) is 49.8 Å². The normalized spacial score (nSPS) is 22.4. The molecule has 3 aromatic heterocycles. The monoisotopic (exact) mass is 961 g/mol. The van der Waals surface area contributed by atoms with E-state index in [0.29, 0.717) is 48.9 Å². The Hall–Kier alpha value is -7.28. The molecule has 3 N–H and O–H groups in total. The maximum atomic E-state index is 13.8. The van der Waals surface area contributed by atoms with Crippen LogP contribution in [0.15, 0.2) is 67.3 Å². The lowest BCUT2D eigenvalue weighted by Gasteiger charge is -2.41. The SMILES string of the molecule is Cc1cccc(C(=O)NC2CC(n3cnc4c(Nc5ccc(N6CCN(CC7CCN(C(=O)C8CCN(c9ccc%10c(c9)C(=O)N([C@H]9CCC(=O)NC9=O)C%10=O)CC8)CC7)CC6)cc5C)ncnc43)C2)n1. The fourth-order valence-electron chi connectivity index (χ4n) is 11.4. The fraction of sp³-hybridized carbons (Fsp3) is 0.462. The van der Waals surface area contributed by atoms with Crippen LogP contribution in [0.3, 0.4) is 0 Å². The average Bonchev–Trinajstić information content (AvgIpc) is 3.91. The molecular formula is C52H59N13O6. The third kappa shape index (κ3) is 9.18. The van der Waals surface area contributed by atoms with Gasteiger partial charge in [0.15, 0.2) is 17.0 Å². The molecule has 5 aromatic rings. The summed E-state index contributed by atoms with van der Waals surface area (Å²) in [5, 5.41) is 8.87. The van der Waals surface area contributed by atoms with Crippen LogP contribution in [0.1, 0.15) is 99.9 Å². The topological polar surface area (TPSA) is 211 Å². The zero-order valence-electron chi connectivity index (χ0n) is 40.2. The van der Waals surface area contributed by atoms with Gasteiger partial charge in [-0.05, 0) is 119 Å². The van der Waals surface area contributed by atoms with E-state index in [1.54, 1.807) is 24.5 Å². The van der Waals surface area contributed by atoms with Gasteiger partial charge in [-0.25, -0.2) is 19.9 Å². The average molecular weight is 962 g/mol. The van der Waals surface area contributed by atoms with Gasteiger partial charge in [0.2, 0.25) is 17.7 Å². The molecular weight excluding hydrogens is 903 g/mol. The van der Waals surface area contributed by atoms with E-state index < -0.39 is 29.7 Å². The van der Waals surface area contributed by atoms with Crippen molar-refractivity contribution in [2.45, 2.75) is 83.3 Å². The highest BCUT2D eigenvalue weighted by Gasteiger charge is 2.45. The summed E-state index contributed by atoms with van der Waals surface area (Å²) in [6, 6.07) is 16.4. The predicted octanol–water partition coefficient (Wildman–Crippen LogP) is 4.39. The molecule has 19 heteroatoms. The van der Waals surface area contributed by atoms with E-state index >= 15 is 0 Å². The number of aryl methyl sites for hydroxylation is 2. The second-order valence-corrected chi connectivity index (χ2v) is 20.1. The van der Waals surface area contributed by atoms with Gasteiger partial charge in [-0.15, -0.1) is 0 Å². The number of hydrogen-bond acceptors (Lipinski definition) is 14. The van der Waals surface area contributed by atoms with E-state index in [9.17, 15) is 28.8 Å². The van der Waals surface area contributed by atoms with Crippen LogP contribution in [0.5, 0.6) is 0 Å². The van der Waals surface area contributed by atoms with Crippen molar-refractivity contribution in [2.75, 3.05) is 74.0 Å². The maximum Gasteiger partial charge on any atom is 0.270 e. The number of hydrogen-bond donors (Lipinski definition) is 3. The summed E-state index contributed by atoms with van der Waals surface area (Å²) in [7, 11) is 0. The van der Waals surface area contributed by atoms with Crippen molar-refractivity contribution < 1.29 is 28.8 Å². The van der Waals surface area contributed by atoms with E-state index in [-0.39, 0.29) is 53.8 Å². The molecule has 71 heavy (non-hydrogen) atoms. The van der Waals surface area contributed by atoms with Crippen molar-refractivity contribution in [3.63, 3.8) is 0 Å². The van der Waals surface area contributed by atoms with Crippen LogP contribution >= 0.6 is 0 Å². The van der Waals surface area contributed by atoms with Gasteiger partial charge in [0, 0.05) is 106 Å².